The van der Waals surface area contributed by atoms with Gasteiger partial charge in [-0.3, -0.25) is 15.5 Å². The van der Waals surface area contributed by atoms with Crippen molar-refractivity contribution in [1.29, 1.82) is 4.78 Å². The van der Waals surface area contributed by atoms with E-state index in [1.165, 1.54) is 18.2 Å². The number of hydrogen-bond acceptors (Lipinski definition) is 7. The molecule has 28 heavy (non-hydrogen) atoms. The van der Waals surface area contributed by atoms with Gasteiger partial charge >= 0.3 is 0 Å². The quantitative estimate of drug-likeness (QED) is 0.219. The summed E-state index contributed by atoms with van der Waals surface area (Å²) in [5.74, 6) is 0.0589. The van der Waals surface area contributed by atoms with Crippen molar-refractivity contribution in [3.05, 3.63) is 39.9 Å². The van der Waals surface area contributed by atoms with Gasteiger partial charge in [0.25, 0.3) is 0 Å². The molecule has 8 nitrogen and oxygen atoms in total. The first-order valence-corrected chi connectivity index (χ1v) is 11.5. The zero-order valence-electron chi connectivity index (χ0n) is 15.0. The second kappa shape index (κ2) is 9.10. The molecular weight excluding hydrogens is 453 g/mol. The molecule has 0 spiro atoms. The third kappa shape index (κ3) is 5.36. The van der Waals surface area contributed by atoms with Gasteiger partial charge in [-0.1, -0.05) is 11.6 Å². The first kappa shape index (κ1) is 20.9. The minimum absolute atomic E-state index is 0.0395. The molecule has 1 atom stereocenters. The van der Waals surface area contributed by atoms with E-state index in [2.05, 4.69) is 31.2 Å². The summed E-state index contributed by atoms with van der Waals surface area (Å²) >= 11 is 3.09. The molecule has 0 aliphatic heterocycles. The molecular formula is C17H21BrFN5O3S. The number of nitrogens with one attached hydrogen (secondary N) is 2. The first-order chi connectivity index (χ1) is 13.4. The Hall–Kier alpha value is -1.85. The minimum Gasteiger partial charge on any atom is -0.290 e. The van der Waals surface area contributed by atoms with Crippen LogP contribution in [0.3, 0.4) is 0 Å². The smallest absolute Gasteiger partial charge is 0.181 e. The van der Waals surface area contributed by atoms with Crippen LogP contribution in [0.1, 0.15) is 43.5 Å². The van der Waals surface area contributed by atoms with Gasteiger partial charge in [-0.05, 0) is 71.4 Å². The SMILES string of the molecule is N=S(=O)(CCCCCc1nonc1C(=Nc1ccc(F)c(Br)c1)NO)C1CC1. The number of amidine groups is 1. The van der Waals surface area contributed by atoms with Crippen LogP contribution in [0.2, 0.25) is 0 Å². The first-order valence-electron chi connectivity index (χ1n) is 8.91. The van der Waals surface area contributed by atoms with E-state index in [0.29, 0.717) is 23.6 Å². The summed E-state index contributed by atoms with van der Waals surface area (Å²) in [6, 6.07) is 4.19. The van der Waals surface area contributed by atoms with E-state index in [1.807, 2.05) is 5.48 Å². The van der Waals surface area contributed by atoms with Gasteiger partial charge in [0.1, 0.15) is 11.5 Å². The number of nitrogens with zero attached hydrogens (tertiary/aromatic N) is 3. The molecule has 0 bridgehead atoms. The van der Waals surface area contributed by atoms with Gasteiger partial charge in [0.2, 0.25) is 0 Å². The van der Waals surface area contributed by atoms with E-state index in [-0.39, 0.29) is 21.3 Å². The molecule has 0 radical (unpaired) electrons. The second-order valence-corrected chi connectivity index (χ2v) is 10.1. The van der Waals surface area contributed by atoms with Gasteiger partial charge in [-0.25, -0.2) is 18.2 Å². The van der Waals surface area contributed by atoms with Crippen LogP contribution < -0.4 is 5.48 Å². The summed E-state index contributed by atoms with van der Waals surface area (Å²) in [5.41, 5.74) is 3.18. The standard InChI is InChI=1S/C17H21BrFN5O3S/c18-13-10-11(5-8-14(13)19)21-17(22-25)16-15(23-27-24-16)4-2-1-3-9-28(20,26)12-6-7-12/h5,8,10,12,20,25H,1-4,6-7,9H2,(H,21,22). The van der Waals surface area contributed by atoms with Crippen molar-refractivity contribution in [2.24, 2.45) is 4.99 Å². The largest absolute Gasteiger partial charge is 0.290 e. The number of unbranched alkanes of at least 4 members (excludes halogenated alkanes) is 2. The number of rotatable bonds is 9. The molecule has 1 aliphatic carbocycles. The maximum absolute atomic E-state index is 13.4. The van der Waals surface area contributed by atoms with Crippen LogP contribution in [0, 0.1) is 10.6 Å². The summed E-state index contributed by atoms with van der Waals surface area (Å²) < 4.78 is 38.4. The van der Waals surface area contributed by atoms with Crippen LogP contribution in [-0.4, -0.2) is 36.6 Å². The van der Waals surface area contributed by atoms with Crippen molar-refractivity contribution >= 4 is 37.2 Å². The van der Waals surface area contributed by atoms with Crippen LogP contribution in [0.4, 0.5) is 10.1 Å². The molecule has 1 heterocycles. The molecule has 3 N–H and O–H groups in total. The van der Waals surface area contributed by atoms with Crippen molar-refractivity contribution in [1.82, 2.24) is 15.8 Å². The summed E-state index contributed by atoms with van der Waals surface area (Å²) in [6.45, 7) is 0. The second-order valence-electron chi connectivity index (χ2n) is 6.67. The number of aliphatic imine (C=N–C) groups is 1. The van der Waals surface area contributed by atoms with Gasteiger partial charge < -0.3 is 0 Å². The molecule has 11 heteroatoms. The highest BCUT2D eigenvalue weighted by atomic mass is 79.9. The molecule has 1 fully saturated rings. The van der Waals surface area contributed by atoms with Crippen LogP contribution in [0.25, 0.3) is 0 Å². The highest BCUT2D eigenvalue weighted by molar-refractivity contribution is 9.10. The van der Waals surface area contributed by atoms with Crippen LogP contribution >= 0.6 is 15.9 Å². The molecule has 1 aliphatic rings. The fourth-order valence-corrected chi connectivity index (χ4v) is 5.00. The number of hydroxylamine groups is 1. The summed E-state index contributed by atoms with van der Waals surface area (Å²) in [5, 5.41) is 17.2. The Kier molecular flexibility index (Phi) is 6.78. The van der Waals surface area contributed by atoms with E-state index in [0.717, 1.165) is 32.1 Å². The van der Waals surface area contributed by atoms with Crippen molar-refractivity contribution in [3.63, 3.8) is 0 Å². The van der Waals surface area contributed by atoms with E-state index in [4.69, 9.17) is 9.41 Å². The van der Waals surface area contributed by atoms with Crippen molar-refractivity contribution in [3.8, 4) is 0 Å². The maximum atomic E-state index is 13.4. The average molecular weight is 474 g/mol. The molecule has 152 valence electrons. The lowest BCUT2D eigenvalue weighted by Gasteiger charge is -2.06. The van der Waals surface area contributed by atoms with Crippen LogP contribution in [0.5, 0.6) is 0 Å². The summed E-state index contributed by atoms with van der Waals surface area (Å²) in [6.07, 6.45) is 4.65. The average Bonchev–Trinajstić information content (AvgIpc) is 3.43. The molecule has 0 saturated heterocycles. The van der Waals surface area contributed by atoms with Crippen molar-refractivity contribution in [2.45, 2.75) is 43.8 Å². The Morgan fingerprint density at radius 1 is 1.39 bits per heavy atom. The van der Waals surface area contributed by atoms with Crippen LogP contribution in [-0.2, 0) is 16.1 Å². The monoisotopic (exact) mass is 473 g/mol. The van der Waals surface area contributed by atoms with Gasteiger partial charge in [0.05, 0.1) is 10.2 Å². The van der Waals surface area contributed by atoms with E-state index >= 15 is 0 Å². The predicted octanol–water partition coefficient (Wildman–Crippen LogP) is 3.95. The lowest BCUT2D eigenvalue weighted by atomic mass is 10.1. The van der Waals surface area contributed by atoms with Crippen LogP contribution in [0.15, 0.2) is 32.3 Å². The van der Waals surface area contributed by atoms with E-state index in [1.54, 1.807) is 0 Å². The zero-order valence-corrected chi connectivity index (χ0v) is 17.4. The molecule has 2 aromatic rings. The minimum atomic E-state index is -2.43. The highest BCUT2D eigenvalue weighted by Crippen LogP contribution is 2.30. The molecule has 1 aromatic carbocycles. The number of benzene rings is 1. The zero-order chi connectivity index (χ0) is 20.1. The molecule has 1 saturated carbocycles. The van der Waals surface area contributed by atoms with Gasteiger partial charge in [-0.15, -0.1) is 0 Å². The third-order valence-corrected chi connectivity index (χ3v) is 7.51. The fourth-order valence-electron chi connectivity index (χ4n) is 2.77. The summed E-state index contributed by atoms with van der Waals surface area (Å²) in [4.78, 5) is 4.22. The van der Waals surface area contributed by atoms with E-state index < -0.39 is 15.5 Å². The van der Waals surface area contributed by atoms with Crippen molar-refractivity contribution in [2.75, 3.05) is 5.75 Å². The fraction of sp³-hybridized carbons (Fsp3) is 0.471. The summed E-state index contributed by atoms with van der Waals surface area (Å²) in [7, 11) is -2.43. The Morgan fingerprint density at radius 3 is 2.86 bits per heavy atom. The van der Waals surface area contributed by atoms with Gasteiger partial charge in [0.15, 0.2) is 11.5 Å². The number of aromatic nitrogens is 2. The maximum Gasteiger partial charge on any atom is 0.181 e. The Bertz CT molecular complexity index is 959. The van der Waals surface area contributed by atoms with E-state index in [9.17, 15) is 13.8 Å². The van der Waals surface area contributed by atoms with Gasteiger partial charge in [-0.2, -0.15) is 0 Å². The third-order valence-electron chi connectivity index (χ3n) is 4.45. The topological polar surface area (TPSA) is 124 Å². The molecule has 0 amide bonds. The molecule has 1 unspecified atom stereocenters. The lowest BCUT2D eigenvalue weighted by molar-refractivity contribution is 0.234. The number of halogens is 2. The normalized spacial score (nSPS) is 16.8. The Labute approximate surface area is 170 Å². The predicted molar refractivity (Wildman–Crippen MR) is 106 cm³/mol. The lowest BCUT2D eigenvalue weighted by Crippen LogP contribution is -2.22. The Balaban J connectivity index is 1.59. The van der Waals surface area contributed by atoms with Crippen molar-refractivity contribution < 1.29 is 18.4 Å². The number of aryl methyl sites for hydroxylation is 1. The molecule has 1 aromatic heterocycles. The van der Waals surface area contributed by atoms with Gasteiger partial charge in [0, 0.05) is 20.7 Å². The molecule has 3 rings (SSSR count). The Morgan fingerprint density at radius 2 is 2.18 bits per heavy atom. The number of hydrogen-bond donors (Lipinski definition) is 3. The highest BCUT2D eigenvalue weighted by Gasteiger charge is 2.31.